The molecule has 0 aliphatic heterocycles. The minimum atomic E-state index is -1.17. The molecule has 0 fully saturated rings. The summed E-state index contributed by atoms with van der Waals surface area (Å²) in [7, 11) is -1.17. The van der Waals surface area contributed by atoms with Crippen molar-refractivity contribution in [3.8, 4) is 11.5 Å². The van der Waals surface area contributed by atoms with Crippen LogP contribution in [0, 0.1) is 11.5 Å². The summed E-state index contributed by atoms with van der Waals surface area (Å²) < 4.78 is 0. The molecule has 0 atom stereocenters. The van der Waals surface area contributed by atoms with Gasteiger partial charge in [-0.15, -0.1) is 11.5 Å². The first-order valence-electron chi connectivity index (χ1n) is 4.97. The van der Waals surface area contributed by atoms with Crippen molar-refractivity contribution >= 4 is 8.07 Å². The van der Waals surface area contributed by atoms with Crippen LogP contribution in [-0.2, 0) is 6.42 Å². The van der Waals surface area contributed by atoms with E-state index in [0.717, 1.165) is 12.8 Å². The summed E-state index contributed by atoms with van der Waals surface area (Å²) in [6.07, 6.45) is 5.68. The molecular weight excluding hydrogens is 186 g/mol. The van der Waals surface area contributed by atoms with Gasteiger partial charge in [0.1, 0.15) is 8.07 Å². The Labute approximate surface area is 87.6 Å². The lowest BCUT2D eigenvalue weighted by Crippen LogP contribution is -2.16. The van der Waals surface area contributed by atoms with E-state index >= 15 is 0 Å². The van der Waals surface area contributed by atoms with Gasteiger partial charge in [0.15, 0.2) is 0 Å². The number of aryl methyl sites for hydroxylation is 1. The van der Waals surface area contributed by atoms with Gasteiger partial charge in [-0.25, -0.2) is 0 Å². The Morgan fingerprint density at radius 2 is 1.86 bits per heavy atom. The number of hydrogen-bond acceptors (Lipinski definition) is 1. The molecule has 1 aromatic heterocycles. The van der Waals surface area contributed by atoms with E-state index in [1.165, 1.54) is 5.56 Å². The van der Waals surface area contributed by atoms with Crippen LogP contribution in [0.1, 0.15) is 12.0 Å². The van der Waals surface area contributed by atoms with Crippen LogP contribution >= 0.6 is 0 Å². The average molecular weight is 203 g/mol. The zero-order chi connectivity index (χ0) is 10.4. The Hall–Kier alpha value is -1.07. The van der Waals surface area contributed by atoms with Crippen LogP contribution in [-0.4, -0.2) is 13.1 Å². The van der Waals surface area contributed by atoms with Gasteiger partial charge in [0, 0.05) is 18.8 Å². The molecule has 1 aromatic rings. The van der Waals surface area contributed by atoms with Gasteiger partial charge in [0.05, 0.1) is 0 Å². The predicted octanol–water partition coefficient (Wildman–Crippen LogP) is 2.90. The smallest absolute Gasteiger partial charge is 0.129 e. The molecule has 0 saturated carbocycles. The Morgan fingerprint density at radius 1 is 1.21 bits per heavy atom. The predicted molar refractivity (Wildman–Crippen MR) is 63.7 cm³/mol. The highest BCUT2D eigenvalue weighted by atomic mass is 28.3. The molecule has 0 amide bonds. The summed E-state index contributed by atoms with van der Waals surface area (Å²) in [6.45, 7) is 6.81. The fourth-order valence-corrected chi connectivity index (χ4v) is 1.74. The molecule has 1 heterocycles. The number of nitrogens with zero attached hydrogens (tertiary/aromatic N) is 1. The third kappa shape index (κ3) is 4.83. The van der Waals surface area contributed by atoms with Crippen molar-refractivity contribution in [3.63, 3.8) is 0 Å². The Morgan fingerprint density at radius 3 is 2.43 bits per heavy atom. The van der Waals surface area contributed by atoms with Crippen LogP contribution in [0.4, 0.5) is 0 Å². The highest BCUT2D eigenvalue weighted by Crippen LogP contribution is 2.01. The summed E-state index contributed by atoms with van der Waals surface area (Å²) >= 11 is 0. The van der Waals surface area contributed by atoms with Gasteiger partial charge in [0.2, 0.25) is 0 Å². The normalized spacial score (nSPS) is 10.5. The largest absolute Gasteiger partial charge is 0.265 e. The van der Waals surface area contributed by atoms with E-state index in [1.807, 2.05) is 12.4 Å². The molecule has 0 bridgehead atoms. The van der Waals surface area contributed by atoms with Gasteiger partial charge in [0.25, 0.3) is 0 Å². The van der Waals surface area contributed by atoms with Crippen LogP contribution < -0.4 is 0 Å². The van der Waals surface area contributed by atoms with E-state index in [2.05, 4.69) is 48.2 Å². The zero-order valence-corrected chi connectivity index (χ0v) is 10.2. The minimum Gasteiger partial charge on any atom is -0.265 e. The Bertz CT molecular complexity index is 327. The van der Waals surface area contributed by atoms with E-state index in [-0.39, 0.29) is 0 Å². The highest BCUT2D eigenvalue weighted by Gasteiger charge is 2.06. The first kappa shape index (κ1) is 11.0. The number of aromatic nitrogens is 1. The van der Waals surface area contributed by atoms with Crippen molar-refractivity contribution in [2.45, 2.75) is 32.5 Å². The Kier molecular flexibility index (Phi) is 3.91. The van der Waals surface area contributed by atoms with E-state index in [0.29, 0.717) is 0 Å². The van der Waals surface area contributed by atoms with Crippen LogP contribution in [0.2, 0.25) is 19.6 Å². The van der Waals surface area contributed by atoms with Gasteiger partial charge >= 0.3 is 0 Å². The number of hydrogen-bond donors (Lipinski definition) is 0. The number of pyridine rings is 1. The molecule has 0 aromatic carbocycles. The van der Waals surface area contributed by atoms with E-state index < -0.39 is 8.07 Å². The molecule has 0 aliphatic carbocycles. The molecular formula is C12H17NSi. The fraction of sp³-hybridized carbons (Fsp3) is 0.417. The van der Waals surface area contributed by atoms with Crippen molar-refractivity contribution in [2.75, 3.05) is 0 Å². The molecule has 14 heavy (non-hydrogen) atoms. The zero-order valence-electron chi connectivity index (χ0n) is 9.17. The molecule has 0 aliphatic rings. The maximum absolute atomic E-state index is 3.98. The van der Waals surface area contributed by atoms with Crippen LogP contribution in [0.15, 0.2) is 24.5 Å². The minimum absolute atomic E-state index is 0.967. The molecule has 1 rings (SSSR count). The maximum Gasteiger partial charge on any atom is 0.129 e. The van der Waals surface area contributed by atoms with Crippen molar-refractivity contribution in [2.24, 2.45) is 0 Å². The van der Waals surface area contributed by atoms with Gasteiger partial charge in [-0.2, -0.15) is 0 Å². The van der Waals surface area contributed by atoms with E-state index in [4.69, 9.17) is 0 Å². The van der Waals surface area contributed by atoms with Crippen molar-refractivity contribution in [3.05, 3.63) is 30.1 Å². The highest BCUT2D eigenvalue weighted by molar-refractivity contribution is 6.83. The SMILES string of the molecule is C[Si](C)(C)C#CCCc1ccncc1. The average Bonchev–Trinajstić information content (AvgIpc) is 2.13. The second-order valence-electron chi connectivity index (χ2n) is 4.41. The van der Waals surface area contributed by atoms with Crippen molar-refractivity contribution in [1.82, 2.24) is 4.98 Å². The first-order chi connectivity index (χ1) is 6.58. The van der Waals surface area contributed by atoms with Crippen molar-refractivity contribution < 1.29 is 0 Å². The molecule has 2 heteroatoms. The van der Waals surface area contributed by atoms with Crippen LogP contribution in [0.25, 0.3) is 0 Å². The lowest BCUT2D eigenvalue weighted by Gasteiger charge is -2.03. The summed E-state index contributed by atoms with van der Waals surface area (Å²) in [5, 5.41) is 0. The second kappa shape index (κ2) is 4.97. The van der Waals surface area contributed by atoms with Gasteiger partial charge in [-0.3, -0.25) is 4.98 Å². The summed E-state index contributed by atoms with van der Waals surface area (Å²) in [5.41, 5.74) is 4.69. The molecule has 74 valence electrons. The Balaban J connectivity index is 2.39. The maximum atomic E-state index is 3.98. The molecule has 0 radical (unpaired) electrons. The number of rotatable bonds is 2. The topological polar surface area (TPSA) is 12.9 Å². The quantitative estimate of drug-likeness (QED) is 0.532. The van der Waals surface area contributed by atoms with Gasteiger partial charge in [-0.05, 0) is 24.1 Å². The van der Waals surface area contributed by atoms with Crippen LogP contribution in [0.5, 0.6) is 0 Å². The molecule has 1 nitrogen and oxygen atoms in total. The standard InChI is InChI=1S/C12H17NSi/c1-14(2,3)11-5-4-6-12-7-9-13-10-8-12/h7-10H,4,6H2,1-3H3. The lowest BCUT2D eigenvalue weighted by atomic mass is 10.1. The summed E-state index contributed by atoms with van der Waals surface area (Å²) in [4.78, 5) is 3.98. The lowest BCUT2D eigenvalue weighted by molar-refractivity contribution is 1.02. The fourth-order valence-electron chi connectivity index (χ4n) is 1.08. The van der Waals surface area contributed by atoms with E-state index in [9.17, 15) is 0 Å². The van der Waals surface area contributed by atoms with Crippen LogP contribution in [0.3, 0.4) is 0 Å². The van der Waals surface area contributed by atoms with Gasteiger partial charge in [-0.1, -0.05) is 19.6 Å². The molecule has 0 unspecified atom stereocenters. The van der Waals surface area contributed by atoms with Crippen molar-refractivity contribution in [1.29, 1.82) is 0 Å². The molecule has 0 saturated heterocycles. The third-order valence-corrected chi connectivity index (χ3v) is 2.68. The first-order valence-corrected chi connectivity index (χ1v) is 8.47. The third-order valence-electron chi connectivity index (χ3n) is 1.75. The molecule has 0 spiro atoms. The summed E-state index contributed by atoms with van der Waals surface area (Å²) in [6, 6.07) is 4.10. The second-order valence-corrected chi connectivity index (χ2v) is 9.16. The molecule has 0 N–H and O–H groups in total. The monoisotopic (exact) mass is 203 g/mol. The van der Waals surface area contributed by atoms with E-state index in [1.54, 1.807) is 0 Å². The van der Waals surface area contributed by atoms with Gasteiger partial charge < -0.3 is 0 Å². The summed E-state index contributed by atoms with van der Waals surface area (Å²) in [5.74, 6) is 3.27.